The van der Waals surface area contributed by atoms with Crippen molar-refractivity contribution in [1.82, 2.24) is 10.6 Å². The zero-order valence-electron chi connectivity index (χ0n) is 12.1. The van der Waals surface area contributed by atoms with Gasteiger partial charge in [-0.3, -0.25) is 4.79 Å². The maximum atomic E-state index is 12.3. The van der Waals surface area contributed by atoms with E-state index in [1.807, 2.05) is 0 Å². The van der Waals surface area contributed by atoms with Crippen LogP contribution in [0.5, 0.6) is 5.75 Å². The van der Waals surface area contributed by atoms with Crippen LogP contribution in [0.3, 0.4) is 0 Å². The van der Waals surface area contributed by atoms with Crippen LogP contribution in [0.1, 0.15) is 24.8 Å². The summed E-state index contributed by atoms with van der Waals surface area (Å²) in [5, 5.41) is 5.88. The molecule has 1 heterocycles. The predicted octanol–water partition coefficient (Wildman–Crippen LogP) is 2.39. The number of para-hydroxylation sites is 1. The highest BCUT2D eigenvalue weighted by molar-refractivity contribution is 5.81. The number of nitrogens with one attached hydrogen (secondary N) is 2. The van der Waals surface area contributed by atoms with Crippen LogP contribution in [-0.4, -0.2) is 31.4 Å². The lowest BCUT2D eigenvalue weighted by atomic mass is 10.0. The minimum Gasteiger partial charge on any atom is -0.406 e. The van der Waals surface area contributed by atoms with Gasteiger partial charge in [-0.15, -0.1) is 13.2 Å². The van der Waals surface area contributed by atoms with E-state index >= 15 is 0 Å². The van der Waals surface area contributed by atoms with Crippen LogP contribution in [0.2, 0.25) is 0 Å². The predicted molar refractivity (Wildman–Crippen MR) is 75.5 cm³/mol. The Labute approximate surface area is 127 Å². The number of hydrogen-bond donors (Lipinski definition) is 2. The molecule has 122 valence electrons. The summed E-state index contributed by atoms with van der Waals surface area (Å²) in [5.41, 5.74) is 0.414. The molecule has 2 rings (SSSR count). The van der Waals surface area contributed by atoms with Crippen LogP contribution in [0.4, 0.5) is 13.2 Å². The topological polar surface area (TPSA) is 50.4 Å². The second kappa shape index (κ2) is 7.49. The summed E-state index contributed by atoms with van der Waals surface area (Å²) in [6.45, 7) is 1.09. The molecule has 0 bridgehead atoms. The first-order valence-corrected chi connectivity index (χ1v) is 7.30. The summed E-state index contributed by atoms with van der Waals surface area (Å²) in [7, 11) is 0. The van der Waals surface area contributed by atoms with Crippen LogP contribution in [0.25, 0.3) is 0 Å². The lowest BCUT2D eigenvalue weighted by molar-refractivity contribution is -0.274. The first-order chi connectivity index (χ1) is 10.5. The Hall–Kier alpha value is -1.76. The number of ether oxygens (including phenoxy) is 1. The monoisotopic (exact) mass is 316 g/mol. The smallest absolute Gasteiger partial charge is 0.406 e. The molecule has 1 atom stereocenters. The lowest BCUT2D eigenvalue weighted by Gasteiger charge is -2.22. The number of amides is 1. The zero-order chi connectivity index (χ0) is 16.0. The zero-order valence-corrected chi connectivity index (χ0v) is 12.1. The maximum absolute atomic E-state index is 12.3. The summed E-state index contributed by atoms with van der Waals surface area (Å²) in [6.07, 6.45) is -1.57. The molecule has 1 unspecified atom stereocenters. The Morgan fingerprint density at radius 2 is 2.09 bits per heavy atom. The Morgan fingerprint density at radius 1 is 1.32 bits per heavy atom. The molecule has 1 aliphatic heterocycles. The Morgan fingerprint density at radius 3 is 2.77 bits per heavy atom. The van der Waals surface area contributed by atoms with Crippen LogP contribution in [-0.2, 0) is 11.2 Å². The highest BCUT2D eigenvalue weighted by Crippen LogP contribution is 2.26. The van der Waals surface area contributed by atoms with Gasteiger partial charge in [0.05, 0.1) is 6.04 Å². The highest BCUT2D eigenvalue weighted by atomic mass is 19.4. The molecule has 0 aromatic heterocycles. The van der Waals surface area contributed by atoms with Crippen LogP contribution >= 0.6 is 0 Å². The SMILES string of the molecule is O=C(NCCc1ccccc1OC(F)(F)F)C1CCCCN1. The minimum atomic E-state index is -4.72. The number of rotatable bonds is 5. The largest absolute Gasteiger partial charge is 0.573 e. The normalized spacial score (nSPS) is 18.8. The van der Waals surface area contributed by atoms with Gasteiger partial charge in [-0.1, -0.05) is 24.6 Å². The van der Waals surface area contributed by atoms with Gasteiger partial charge in [-0.2, -0.15) is 0 Å². The van der Waals surface area contributed by atoms with Crippen molar-refractivity contribution in [3.63, 3.8) is 0 Å². The van der Waals surface area contributed by atoms with Gasteiger partial charge in [-0.05, 0) is 37.4 Å². The van der Waals surface area contributed by atoms with Gasteiger partial charge in [0.1, 0.15) is 5.75 Å². The van der Waals surface area contributed by atoms with Crippen molar-refractivity contribution in [2.24, 2.45) is 0 Å². The van der Waals surface area contributed by atoms with Crippen molar-refractivity contribution >= 4 is 5.91 Å². The van der Waals surface area contributed by atoms with Crippen molar-refractivity contribution in [2.45, 2.75) is 38.1 Å². The third kappa shape index (κ3) is 5.22. The summed E-state index contributed by atoms with van der Waals surface area (Å²) < 4.78 is 40.9. The second-order valence-corrected chi connectivity index (χ2v) is 5.20. The molecule has 1 aromatic carbocycles. The van der Waals surface area contributed by atoms with Gasteiger partial charge in [0.2, 0.25) is 5.91 Å². The van der Waals surface area contributed by atoms with Crippen molar-refractivity contribution in [3.05, 3.63) is 29.8 Å². The molecule has 0 aliphatic carbocycles. The van der Waals surface area contributed by atoms with Crippen molar-refractivity contribution < 1.29 is 22.7 Å². The fourth-order valence-electron chi connectivity index (χ4n) is 2.45. The minimum absolute atomic E-state index is 0.103. The van der Waals surface area contributed by atoms with E-state index in [0.29, 0.717) is 5.56 Å². The van der Waals surface area contributed by atoms with E-state index in [9.17, 15) is 18.0 Å². The maximum Gasteiger partial charge on any atom is 0.573 e. The Kier molecular flexibility index (Phi) is 5.65. The number of piperidine rings is 1. The molecule has 1 saturated heterocycles. The molecule has 1 aliphatic rings. The van der Waals surface area contributed by atoms with Gasteiger partial charge < -0.3 is 15.4 Å². The molecular formula is C15H19F3N2O2. The third-order valence-electron chi connectivity index (χ3n) is 3.52. The number of benzene rings is 1. The molecule has 0 radical (unpaired) electrons. The van der Waals surface area contributed by atoms with Crippen molar-refractivity contribution in [1.29, 1.82) is 0 Å². The van der Waals surface area contributed by atoms with E-state index in [0.717, 1.165) is 25.8 Å². The summed E-state index contributed by atoms with van der Waals surface area (Å²) >= 11 is 0. The van der Waals surface area contributed by atoms with Gasteiger partial charge >= 0.3 is 6.36 Å². The van der Waals surface area contributed by atoms with Gasteiger partial charge in [0, 0.05) is 6.54 Å². The second-order valence-electron chi connectivity index (χ2n) is 5.20. The molecule has 1 aromatic rings. The van der Waals surface area contributed by atoms with Gasteiger partial charge in [0.25, 0.3) is 0 Å². The number of halogens is 3. The van der Waals surface area contributed by atoms with Crippen molar-refractivity contribution in [2.75, 3.05) is 13.1 Å². The average molecular weight is 316 g/mol. The molecule has 1 fully saturated rings. The summed E-state index contributed by atoms with van der Waals surface area (Å²) in [5.74, 6) is -0.325. The van der Waals surface area contributed by atoms with E-state index in [-0.39, 0.29) is 30.7 Å². The third-order valence-corrected chi connectivity index (χ3v) is 3.52. The van der Waals surface area contributed by atoms with Crippen LogP contribution in [0, 0.1) is 0 Å². The molecule has 7 heteroatoms. The standard InChI is InChI=1S/C15H19F3N2O2/c16-15(17,18)22-13-7-2-1-5-11(13)8-10-20-14(21)12-6-3-4-9-19-12/h1-2,5,7,12,19H,3-4,6,8-10H2,(H,20,21). The molecule has 0 spiro atoms. The summed E-state index contributed by atoms with van der Waals surface area (Å²) in [6, 6.07) is 5.76. The first-order valence-electron chi connectivity index (χ1n) is 7.30. The number of carbonyl (C=O) groups is 1. The average Bonchev–Trinajstić information content (AvgIpc) is 2.48. The number of alkyl halides is 3. The highest BCUT2D eigenvalue weighted by Gasteiger charge is 2.31. The number of hydrogen-bond acceptors (Lipinski definition) is 3. The van der Waals surface area contributed by atoms with Crippen LogP contribution < -0.4 is 15.4 Å². The lowest BCUT2D eigenvalue weighted by Crippen LogP contribution is -2.47. The van der Waals surface area contributed by atoms with E-state index in [1.54, 1.807) is 12.1 Å². The molecule has 22 heavy (non-hydrogen) atoms. The molecule has 2 N–H and O–H groups in total. The van der Waals surface area contributed by atoms with Crippen molar-refractivity contribution in [3.8, 4) is 5.75 Å². The van der Waals surface area contributed by atoms with E-state index in [1.165, 1.54) is 12.1 Å². The van der Waals surface area contributed by atoms with Gasteiger partial charge in [-0.25, -0.2) is 0 Å². The molecule has 1 amide bonds. The molecule has 0 saturated carbocycles. The fourth-order valence-corrected chi connectivity index (χ4v) is 2.45. The summed E-state index contributed by atoms with van der Waals surface area (Å²) in [4.78, 5) is 11.9. The van der Waals surface area contributed by atoms with E-state index < -0.39 is 6.36 Å². The Balaban J connectivity index is 1.85. The molecular weight excluding hydrogens is 297 g/mol. The van der Waals surface area contributed by atoms with E-state index in [4.69, 9.17) is 0 Å². The first kappa shape index (κ1) is 16.6. The van der Waals surface area contributed by atoms with E-state index in [2.05, 4.69) is 15.4 Å². The Bertz CT molecular complexity index is 500. The number of carbonyl (C=O) groups excluding carboxylic acids is 1. The fraction of sp³-hybridized carbons (Fsp3) is 0.533. The van der Waals surface area contributed by atoms with Crippen LogP contribution in [0.15, 0.2) is 24.3 Å². The molecule has 4 nitrogen and oxygen atoms in total. The van der Waals surface area contributed by atoms with Gasteiger partial charge in [0.15, 0.2) is 0 Å². The quantitative estimate of drug-likeness (QED) is 0.877.